The zero-order valence-corrected chi connectivity index (χ0v) is 18.7. The second kappa shape index (κ2) is 6.00. The molecular weight excluding hydrogens is 396 g/mol. The summed E-state index contributed by atoms with van der Waals surface area (Å²) in [5.74, 6) is -0.154. The number of esters is 2. The molecule has 5 fully saturated rings. The summed E-state index contributed by atoms with van der Waals surface area (Å²) in [6.45, 7) is 6.71. The molecule has 0 bridgehead atoms. The van der Waals surface area contributed by atoms with Gasteiger partial charge in [0.1, 0.15) is 11.2 Å². The quantitative estimate of drug-likeness (QED) is 0.494. The lowest BCUT2D eigenvalue weighted by molar-refractivity contribution is -0.173. The average molecular weight is 429 g/mol. The fourth-order valence-electron chi connectivity index (χ4n) is 8.78. The molecule has 168 valence electrons. The van der Waals surface area contributed by atoms with Crippen LogP contribution in [0.25, 0.3) is 0 Å². The maximum Gasteiger partial charge on any atom is 0.309 e. The zero-order chi connectivity index (χ0) is 21.8. The molecule has 2 saturated heterocycles. The van der Waals surface area contributed by atoms with E-state index in [4.69, 9.17) is 14.2 Å². The molecule has 2 heterocycles. The Morgan fingerprint density at radius 3 is 2.71 bits per heavy atom. The van der Waals surface area contributed by atoms with Gasteiger partial charge in [0.05, 0.1) is 18.6 Å². The van der Waals surface area contributed by atoms with Crippen LogP contribution in [0, 0.1) is 28.6 Å². The molecule has 0 radical (unpaired) electrons. The van der Waals surface area contributed by atoms with Gasteiger partial charge in [-0.05, 0) is 57.4 Å². The van der Waals surface area contributed by atoms with Gasteiger partial charge < -0.3 is 14.2 Å². The van der Waals surface area contributed by atoms with E-state index >= 15 is 0 Å². The van der Waals surface area contributed by atoms with Crippen LogP contribution >= 0.6 is 0 Å². The van der Waals surface area contributed by atoms with Crippen molar-refractivity contribution in [1.82, 2.24) is 0 Å². The van der Waals surface area contributed by atoms with E-state index in [9.17, 15) is 14.4 Å². The molecule has 0 N–H and O–H groups in total. The van der Waals surface area contributed by atoms with Crippen LogP contribution < -0.4 is 0 Å². The highest BCUT2D eigenvalue weighted by Crippen LogP contribution is 2.78. The fourth-order valence-corrected chi connectivity index (χ4v) is 8.78. The summed E-state index contributed by atoms with van der Waals surface area (Å²) < 4.78 is 18.3. The molecule has 3 saturated carbocycles. The van der Waals surface area contributed by atoms with Crippen molar-refractivity contribution in [2.24, 2.45) is 28.6 Å². The topological polar surface area (TPSA) is 82.2 Å². The molecule has 6 heteroatoms. The summed E-state index contributed by atoms with van der Waals surface area (Å²) in [7, 11) is 0. The van der Waals surface area contributed by atoms with Gasteiger partial charge >= 0.3 is 11.9 Å². The molecule has 0 amide bonds. The summed E-state index contributed by atoms with van der Waals surface area (Å²) in [4.78, 5) is 37.7. The molecule has 31 heavy (non-hydrogen) atoms. The molecule has 0 aromatic carbocycles. The molecule has 0 aromatic rings. The second-order valence-electron chi connectivity index (χ2n) is 11.2. The maximum atomic E-state index is 13.3. The third-order valence-electron chi connectivity index (χ3n) is 10.3. The Labute approximate surface area is 183 Å². The van der Waals surface area contributed by atoms with Crippen molar-refractivity contribution in [2.75, 3.05) is 6.61 Å². The molecule has 8 atom stereocenters. The number of carbonyl (C=O) groups is 3. The lowest BCUT2D eigenvalue weighted by Gasteiger charge is -2.58. The minimum atomic E-state index is -0.425. The number of fused-ring (bicyclic) bond motifs is 4. The van der Waals surface area contributed by atoms with Crippen LogP contribution in [0.4, 0.5) is 0 Å². The first-order chi connectivity index (χ1) is 14.7. The van der Waals surface area contributed by atoms with E-state index in [1.807, 2.05) is 6.92 Å². The summed E-state index contributed by atoms with van der Waals surface area (Å²) in [6.07, 6.45) is 7.64. The number of ketones is 1. The minimum Gasteiger partial charge on any atom is -0.466 e. The third kappa shape index (κ3) is 2.20. The lowest BCUT2D eigenvalue weighted by atomic mass is 9.43. The van der Waals surface area contributed by atoms with Crippen molar-refractivity contribution in [1.29, 1.82) is 0 Å². The Hall–Kier alpha value is -1.69. The van der Waals surface area contributed by atoms with E-state index in [0.29, 0.717) is 25.9 Å². The first-order valence-corrected chi connectivity index (χ1v) is 12.0. The summed E-state index contributed by atoms with van der Waals surface area (Å²) >= 11 is 0. The van der Waals surface area contributed by atoms with Crippen molar-refractivity contribution >= 4 is 17.7 Å². The van der Waals surface area contributed by atoms with Crippen LogP contribution in [-0.2, 0) is 28.6 Å². The Kier molecular flexibility index (Phi) is 3.86. The average Bonchev–Trinajstić information content (AvgIpc) is 3.20. The van der Waals surface area contributed by atoms with Crippen molar-refractivity contribution in [2.45, 2.75) is 89.4 Å². The Morgan fingerprint density at radius 1 is 1.19 bits per heavy atom. The SMILES string of the molecule is CCOC(=O)[C@@H]1CC2=CC(=O)CC[C@]2(C)[C@@]23OC2C[C@@]2(C)[C@@H](CC[C@@]24CCC(=O)O4)[C@H]13. The summed E-state index contributed by atoms with van der Waals surface area (Å²) in [5, 5.41) is 0. The predicted molar refractivity (Wildman–Crippen MR) is 110 cm³/mol. The van der Waals surface area contributed by atoms with Crippen LogP contribution in [0.1, 0.15) is 72.1 Å². The van der Waals surface area contributed by atoms with E-state index in [1.165, 1.54) is 0 Å². The van der Waals surface area contributed by atoms with Gasteiger partial charge in [-0.3, -0.25) is 14.4 Å². The first-order valence-electron chi connectivity index (χ1n) is 12.0. The van der Waals surface area contributed by atoms with Crippen molar-refractivity contribution in [3.8, 4) is 0 Å². The largest absolute Gasteiger partial charge is 0.466 e. The van der Waals surface area contributed by atoms with Crippen molar-refractivity contribution in [3.63, 3.8) is 0 Å². The van der Waals surface area contributed by atoms with Gasteiger partial charge in [-0.2, -0.15) is 0 Å². The molecule has 6 aliphatic rings. The van der Waals surface area contributed by atoms with Gasteiger partial charge in [0.15, 0.2) is 5.78 Å². The normalized spacial score (nSPS) is 51.9. The molecule has 4 aliphatic carbocycles. The monoisotopic (exact) mass is 428 g/mol. The van der Waals surface area contributed by atoms with E-state index in [2.05, 4.69) is 13.8 Å². The number of hydrogen-bond acceptors (Lipinski definition) is 6. The van der Waals surface area contributed by atoms with E-state index in [-0.39, 0.29) is 52.4 Å². The Balaban J connectivity index is 1.48. The standard InChI is InChI=1S/C25H32O6/c1-4-29-21(28)16-12-14-11-15(26)5-8-22(14,2)25-18(30-25)13-23(3)17(20(16)25)6-9-24(23)10-7-19(27)31-24/h11,16-18,20H,4-10,12-13H2,1-3H3/t16-,17+,18?,20+,22+,23+,24-,25-/m1/s1. The number of epoxide rings is 1. The van der Waals surface area contributed by atoms with Gasteiger partial charge in [-0.1, -0.05) is 19.4 Å². The molecule has 0 aromatic heterocycles. The van der Waals surface area contributed by atoms with E-state index in [1.54, 1.807) is 6.08 Å². The Bertz CT molecular complexity index is 923. The van der Waals surface area contributed by atoms with Crippen LogP contribution in [0.2, 0.25) is 0 Å². The molecule has 6 rings (SSSR count). The van der Waals surface area contributed by atoms with E-state index < -0.39 is 11.2 Å². The molecular formula is C25H32O6. The van der Waals surface area contributed by atoms with Gasteiger partial charge in [0.2, 0.25) is 0 Å². The van der Waals surface area contributed by atoms with Crippen molar-refractivity contribution < 1.29 is 28.6 Å². The van der Waals surface area contributed by atoms with Gasteiger partial charge in [0, 0.05) is 29.6 Å². The molecule has 1 unspecified atom stereocenters. The number of ether oxygens (including phenoxy) is 3. The molecule has 2 aliphatic heterocycles. The summed E-state index contributed by atoms with van der Waals surface area (Å²) in [6, 6.07) is 0. The maximum absolute atomic E-state index is 13.3. The molecule has 6 nitrogen and oxygen atoms in total. The molecule has 2 spiro atoms. The highest BCUT2D eigenvalue weighted by molar-refractivity contribution is 5.92. The smallest absolute Gasteiger partial charge is 0.309 e. The van der Waals surface area contributed by atoms with Gasteiger partial charge in [-0.15, -0.1) is 0 Å². The van der Waals surface area contributed by atoms with Crippen LogP contribution in [0.15, 0.2) is 11.6 Å². The highest BCUT2D eigenvalue weighted by atomic mass is 16.6. The fraction of sp³-hybridized carbons (Fsp3) is 0.800. The summed E-state index contributed by atoms with van der Waals surface area (Å²) in [5.41, 5.74) is -0.174. The number of rotatable bonds is 2. The second-order valence-corrected chi connectivity index (χ2v) is 11.2. The lowest BCUT2D eigenvalue weighted by Crippen LogP contribution is -2.63. The highest BCUT2D eigenvalue weighted by Gasteiger charge is 2.83. The van der Waals surface area contributed by atoms with E-state index in [0.717, 1.165) is 37.7 Å². The van der Waals surface area contributed by atoms with Gasteiger partial charge in [-0.25, -0.2) is 0 Å². The third-order valence-corrected chi connectivity index (χ3v) is 10.3. The minimum absolute atomic E-state index is 0.0318. The van der Waals surface area contributed by atoms with Crippen LogP contribution in [0.5, 0.6) is 0 Å². The zero-order valence-electron chi connectivity index (χ0n) is 18.7. The Morgan fingerprint density at radius 2 is 2.00 bits per heavy atom. The van der Waals surface area contributed by atoms with Gasteiger partial charge in [0.25, 0.3) is 0 Å². The van der Waals surface area contributed by atoms with Crippen LogP contribution in [-0.4, -0.2) is 41.6 Å². The number of carbonyl (C=O) groups excluding carboxylic acids is 3. The van der Waals surface area contributed by atoms with Crippen molar-refractivity contribution in [3.05, 3.63) is 11.6 Å². The first kappa shape index (κ1) is 20.0. The van der Waals surface area contributed by atoms with Crippen LogP contribution in [0.3, 0.4) is 0 Å². The number of hydrogen-bond donors (Lipinski definition) is 0. The predicted octanol–water partition coefficient (Wildman–Crippen LogP) is 3.51.